The molecule has 0 aliphatic rings. The predicted octanol–water partition coefficient (Wildman–Crippen LogP) is 7.19. The third-order valence-corrected chi connectivity index (χ3v) is 6.71. The first-order valence-corrected chi connectivity index (χ1v) is 11.8. The number of phosphoric ester groups is 1. The highest BCUT2D eigenvalue weighted by molar-refractivity contribution is 7.49. The van der Waals surface area contributed by atoms with Gasteiger partial charge in [-0.2, -0.15) is 4.57 Å². The molecule has 3 heterocycles. The number of benzene rings is 3. The fourth-order valence-electron chi connectivity index (χ4n) is 3.86. The number of halogens is 3. The summed E-state index contributed by atoms with van der Waals surface area (Å²) in [5, 5.41) is 1.34. The Kier molecular flexibility index (Phi) is 4.79. The van der Waals surface area contributed by atoms with Crippen LogP contribution in [0.15, 0.2) is 73.2 Å². The minimum absolute atomic E-state index is 0.0973. The van der Waals surface area contributed by atoms with Crippen molar-refractivity contribution in [1.82, 2.24) is 15.0 Å². The van der Waals surface area contributed by atoms with Crippen LogP contribution < -0.4 is 13.6 Å². The van der Waals surface area contributed by atoms with Gasteiger partial charge < -0.3 is 28.5 Å². The highest BCUT2D eigenvalue weighted by Gasteiger charge is 2.36. The van der Waals surface area contributed by atoms with Gasteiger partial charge in [0.15, 0.2) is 17.2 Å². The summed E-state index contributed by atoms with van der Waals surface area (Å²) in [6.07, 6.45) is 4.20. The van der Waals surface area contributed by atoms with E-state index >= 15 is 0 Å². The van der Waals surface area contributed by atoms with Crippen molar-refractivity contribution in [2.24, 2.45) is 0 Å². The molecule has 0 bridgehead atoms. The zero-order valence-corrected chi connectivity index (χ0v) is 18.5. The number of nitrogens with one attached hydrogen (secondary N) is 3. The molecule has 35 heavy (non-hydrogen) atoms. The highest BCUT2D eigenvalue weighted by Crippen LogP contribution is 2.53. The Morgan fingerprint density at radius 2 is 0.857 bits per heavy atom. The summed E-state index contributed by atoms with van der Waals surface area (Å²) in [6.45, 7) is 0. The molecular weight excluding hydrogens is 482 g/mol. The molecule has 0 aliphatic heterocycles. The average Bonchev–Trinajstić information content (AvgIpc) is 3.51. The average molecular weight is 497 g/mol. The normalized spacial score (nSPS) is 12.0. The Morgan fingerprint density at radius 3 is 1.17 bits per heavy atom. The molecule has 176 valence electrons. The summed E-state index contributed by atoms with van der Waals surface area (Å²) >= 11 is 0. The number of fused-ring (bicyclic) bond motifs is 3. The second kappa shape index (κ2) is 7.89. The maximum atomic E-state index is 14.0. The molecule has 0 unspecified atom stereocenters. The van der Waals surface area contributed by atoms with Gasteiger partial charge in [-0.25, -0.2) is 13.2 Å². The van der Waals surface area contributed by atoms with Gasteiger partial charge in [0.2, 0.25) is 0 Å². The van der Waals surface area contributed by atoms with E-state index in [1.807, 2.05) is 0 Å². The molecule has 0 aliphatic carbocycles. The van der Waals surface area contributed by atoms with Gasteiger partial charge in [-0.3, -0.25) is 0 Å². The van der Waals surface area contributed by atoms with Crippen molar-refractivity contribution in [2.75, 3.05) is 0 Å². The van der Waals surface area contributed by atoms with Gasteiger partial charge in [0.1, 0.15) is 17.5 Å². The molecular formula is C24H15F3N3O4P. The van der Waals surface area contributed by atoms with Crippen molar-refractivity contribution >= 4 is 40.5 Å². The molecule has 0 spiro atoms. The topological polar surface area (TPSA) is 92.1 Å². The number of phosphoric acid groups is 1. The number of H-pyrrole nitrogens is 3. The summed E-state index contributed by atoms with van der Waals surface area (Å²) in [7, 11) is -4.48. The zero-order valence-electron chi connectivity index (χ0n) is 17.6. The monoisotopic (exact) mass is 497 g/mol. The Hall–Kier alpha value is -4.30. The lowest BCUT2D eigenvalue weighted by Crippen LogP contribution is -2.07. The molecule has 3 aromatic heterocycles. The van der Waals surface area contributed by atoms with Crippen LogP contribution >= 0.6 is 7.82 Å². The largest absolute Gasteiger partial charge is 0.647 e. The van der Waals surface area contributed by atoms with Gasteiger partial charge in [-0.15, -0.1) is 0 Å². The van der Waals surface area contributed by atoms with Crippen molar-refractivity contribution in [3.8, 4) is 17.2 Å². The van der Waals surface area contributed by atoms with Crippen LogP contribution in [-0.4, -0.2) is 15.0 Å². The number of aromatic nitrogens is 3. The Morgan fingerprint density at radius 1 is 0.543 bits per heavy atom. The van der Waals surface area contributed by atoms with Crippen molar-refractivity contribution in [3.05, 3.63) is 90.6 Å². The van der Waals surface area contributed by atoms with Gasteiger partial charge >= 0.3 is 7.82 Å². The van der Waals surface area contributed by atoms with E-state index in [-0.39, 0.29) is 17.2 Å². The summed E-state index contributed by atoms with van der Waals surface area (Å²) in [6, 6.07) is 11.9. The SMILES string of the molecule is O=P(Oc1c[nH]c2cc(F)ccc12)(Oc1c[nH]c2cc(F)ccc12)Oc1c[nH]c2cc(F)ccc12. The summed E-state index contributed by atoms with van der Waals surface area (Å²) in [4.78, 5) is 8.54. The van der Waals surface area contributed by atoms with Crippen LogP contribution in [0.4, 0.5) is 13.2 Å². The lowest BCUT2D eigenvalue weighted by atomic mass is 10.2. The van der Waals surface area contributed by atoms with Crippen molar-refractivity contribution in [1.29, 1.82) is 0 Å². The van der Waals surface area contributed by atoms with E-state index in [9.17, 15) is 17.7 Å². The minimum atomic E-state index is -4.48. The standard InChI is InChI=1S/C24H15F3N3O4P/c25-13-1-4-16-19(7-13)28-10-22(16)32-35(31,33-23-11-29-20-8-14(26)2-5-17(20)23)34-24-12-30-21-9-15(27)3-6-18(21)24/h1-12,28-30H. The molecule has 0 amide bonds. The number of rotatable bonds is 6. The van der Waals surface area contributed by atoms with Crippen LogP contribution in [0, 0.1) is 17.5 Å². The number of hydrogen-bond donors (Lipinski definition) is 3. The molecule has 6 aromatic rings. The third kappa shape index (κ3) is 3.87. The van der Waals surface area contributed by atoms with Gasteiger partial charge in [0.05, 0.1) is 16.6 Å². The Balaban J connectivity index is 1.43. The molecule has 3 aromatic carbocycles. The van der Waals surface area contributed by atoms with Gasteiger partial charge in [-0.05, 0) is 54.6 Å². The van der Waals surface area contributed by atoms with Gasteiger partial charge in [-0.1, -0.05) is 0 Å². The highest BCUT2D eigenvalue weighted by atomic mass is 31.2. The molecule has 0 radical (unpaired) electrons. The molecule has 11 heteroatoms. The fourth-order valence-corrected chi connectivity index (χ4v) is 5.15. The van der Waals surface area contributed by atoms with Crippen molar-refractivity contribution in [2.45, 2.75) is 0 Å². The van der Waals surface area contributed by atoms with E-state index in [0.717, 1.165) is 0 Å². The van der Waals surface area contributed by atoms with Crippen LogP contribution in [0.25, 0.3) is 32.7 Å². The molecule has 0 atom stereocenters. The molecule has 0 saturated heterocycles. The number of aromatic amines is 3. The van der Waals surface area contributed by atoms with Gasteiger partial charge in [0, 0.05) is 34.7 Å². The fraction of sp³-hybridized carbons (Fsp3) is 0. The smallest absolute Gasteiger partial charge is 0.384 e. The first-order valence-electron chi connectivity index (χ1n) is 10.4. The lowest BCUT2D eigenvalue weighted by Gasteiger charge is -2.18. The first-order chi connectivity index (χ1) is 16.9. The minimum Gasteiger partial charge on any atom is -0.384 e. The van der Waals surface area contributed by atoms with E-state index in [1.165, 1.54) is 73.2 Å². The molecule has 0 fully saturated rings. The molecule has 7 nitrogen and oxygen atoms in total. The van der Waals surface area contributed by atoms with E-state index < -0.39 is 25.3 Å². The quantitative estimate of drug-likeness (QED) is 0.212. The van der Waals surface area contributed by atoms with E-state index in [2.05, 4.69) is 15.0 Å². The summed E-state index contributed by atoms with van der Waals surface area (Å²) < 4.78 is 72.2. The van der Waals surface area contributed by atoms with Crippen molar-refractivity contribution < 1.29 is 31.3 Å². The third-order valence-electron chi connectivity index (χ3n) is 5.45. The summed E-state index contributed by atoms with van der Waals surface area (Å²) in [5.74, 6) is -1.09. The van der Waals surface area contributed by atoms with E-state index in [0.29, 0.717) is 32.7 Å². The van der Waals surface area contributed by atoms with E-state index in [4.69, 9.17) is 13.6 Å². The molecule has 3 N–H and O–H groups in total. The van der Waals surface area contributed by atoms with Crippen LogP contribution in [0.5, 0.6) is 17.2 Å². The lowest BCUT2D eigenvalue weighted by molar-refractivity contribution is 0.302. The Labute approximate surface area is 195 Å². The second-order valence-electron chi connectivity index (χ2n) is 7.75. The molecule has 0 saturated carbocycles. The van der Waals surface area contributed by atoms with Crippen LogP contribution in [0.3, 0.4) is 0 Å². The number of hydrogen-bond acceptors (Lipinski definition) is 4. The first kappa shape index (κ1) is 21.2. The maximum Gasteiger partial charge on any atom is 0.647 e. The maximum absolute atomic E-state index is 14.0. The van der Waals surface area contributed by atoms with Gasteiger partial charge in [0.25, 0.3) is 0 Å². The Bertz CT molecular complexity index is 1570. The zero-order chi connectivity index (χ0) is 24.2. The second-order valence-corrected chi connectivity index (χ2v) is 9.19. The van der Waals surface area contributed by atoms with Crippen molar-refractivity contribution in [3.63, 3.8) is 0 Å². The van der Waals surface area contributed by atoms with Crippen LogP contribution in [-0.2, 0) is 4.57 Å². The molecule has 6 rings (SSSR count). The summed E-state index contributed by atoms with van der Waals surface area (Å²) in [5.41, 5.74) is 1.24. The predicted molar refractivity (Wildman–Crippen MR) is 124 cm³/mol. The van der Waals surface area contributed by atoms with Crippen LogP contribution in [0.1, 0.15) is 0 Å². The van der Waals surface area contributed by atoms with E-state index in [1.54, 1.807) is 0 Å². The van der Waals surface area contributed by atoms with Crippen LogP contribution in [0.2, 0.25) is 0 Å².